The number of nitrogens with two attached hydrogens (primary N) is 1. The van der Waals surface area contributed by atoms with Crippen LogP contribution in [0.2, 0.25) is 0 Å². The number of esters is 1. The number of nitrogens with one attached hydrogen (secondary N) is 2. The fourth-order valence-electron chi connectivity index (χ4n) is 14.6. The van der Waals surface area contributed by atoms with Gasteiger partial charge in [0.1, 0.15) is 0 Å². The van der Waals surface area contributed by atoms with Crippen LogP contribution in [0.25, 0.3) is 0 Å². The molecule has 8 rings (SSSR count). The Bertz CT molecular complexity index is 1230. The smallest absolute Gasteiger partial charge is 0.302 e. The van der Waals surface area contributed by atoms with Gasteiger partial charge in [0, 0.05) is 32.5 Å². The molecule has 8 aliphatic rings. The number of rotatable bonds is 11. The van der Waals surface area contributed by atoms with Gasteiger partial charge in [-0.1, -0.05) is 19.3 Å². The predicted molar refractivity (Wildman–Crippen MR) is 207 cm³/mol. The molecule has 0 aromatic heterocycles. The summed E-state index contributed by atoms with van der Waals surface area (Å²) in [5.41, 5.74) is 6.41. The summed E-state index contributed by atoms with van der Waals surface area (Å²) in [6, 6.07) is 0.599. The van der Waals surface area contributed by atoms with Crippen molar-refractivity contribution in [3.8, 4) is 0 Å². The number of hydrogen-bond acceptors (Lipinski definition) is 10. The molecule has 0 aromatic rings. The lowest BCUT2D eigenvalue weighted by molar-refractivity contribution is -0.192. The number of hydrogen-bond donors (Lipinski definition) is 5. The van der Waals surface area contributed by atoms with Gasteiger partial charge in [-0.2, -0.15) is 0 Å². The zero-order valence-electron chi connectivity index (χ0n) is 33.6. The molecule has 17 atom stereocenters. The third-order valence-corrected chi connectivity index (χ3v) is 16.8. The molecule has 0 radical (unpaired) electrons. The summed E-state index contributed by atoms with van der Waals surface area (Å²) in [4.78, 5) is 12.3. The van der Waals surface area contributed by atoms with E-state index in [0.717, 1.165) is 70.4 Å². The summed E-state index contributed by atoms with van der Waals surface area (Å²) in [6.07, 6.45) is 20.8. The second-order valence-corrected chi connectivity index (χ2v) is 19.9. The van der Waals surface area contributed by atoms with Crippen molar-refractivity contribution in [2.45, 2.75) is 178 Å². The second kappa shape index (κ2) is 17.6. The maximum absolute atomic E-state index is 12.3. The third-order valence-electron chi connectivity index (χ3n) is 16.8. The molecule has 6 N–H and O–H groups in total. The summed E-state index contributed by atoms with van der Waals surface area (Å²) in [5.74, 6) is 3.89. The van der Waals surface area contributed by atoms with Gasteiger partial charge in [-0.3, -0.25) is 4.79 Å². The van der Waals surface area contributed by atoms with Crippen molar-refractivity contribution in [1.29, 1.82) is 0 Å². The number of aliphatic hydroxyl groups is 2. The molecule has 2 aliphatic heterocycles. The second-order valence-electron chi connectivity index (χ2n) is 19.9. The van der Waals surface area contributed by atoms with Crippen molar-refractivity contribution in [1.82, 2.24) is 10.6 Å². The van der Waals surface area contributed by atoms with Crippen LogP contribution in [0.3, 0.4) is 0 Å². The third kappa shape index (κ3) is 8.48. The lowest BCUT2D eigenvalue weighted by Gasteiger charge is -2.61. The molecule has 1 spiro atoms. The van der Waals surface area contributed by atoms with E-state index >= 15 is 0 Å². The molecule has 0 amide bonds. The molecule has 8 fully saturated rings. The van der Waals surface area contributed by atoms with E-state index in [1.807, 2.05) is 7.11 Å². The molecule has 0 bridgehead atoms. The SMILES string of the molecule is COC1CC(O)CC2C[C@@]3(CC[C@@H](CC4CCC(N)NC4)C3)C3C(CCC4C3O[C@H](C3CCC(O)C(OCCNC5CCCCC5)C3)[C@@H]4COC(C)=O)C21. The van der Waals surface area contributed by atoms with Crippen molar-refractivity contribution in [3.05, 3.63) is 0 Å². The highest BCUT2D eigenvalue weighted by molar-refractivity contribution is 5.65. The number of carbonyl (C=O) groups excluding carboxylic acids is 1. The van der Waals surface area contributed by atoms with Crippen LogP contribution in [0.15, 0.2) is 0 Å². The summed E-state index contributed by atoms with van der Waals surface area (Å²) in [7, 11) is 1.86. The largest absolute Gasteiger partial charge is 0.465 e. The number of piperidine rings is 1. The Morgan fingerprint density at radius 3 is 2.50 bits per heavy atom. The summed E-state index contributed by atoms with van der Waals surface area (Å²) in [5, 5.41) is 29.5. The Kier molecular flexibility index (Phi) is 13.0. The first-order valence-electron chi connectivity index (χ1n) is 22.7. The van der Waals surface area contributed by atoms with Crippen molar-refractivity contribution in [3.63, 3.8) is 0 Å². The fraction of sp³-hybridized carbons (Fsp3) is 0.977. The Morgan fingerprint density at radius 1 is 0.889 bits per heavy atom. The molecule has 308 valence electrons. The topological polar surface area (TPSA) is 145 Å². The summed E-state index contributed by atoms with van der Waals surface area (Å²) >= 11 is 0. The van der Waals surface area contributed by atoms with Gasteiger partial charge < -0.3 is 45.5 Å². The van der Waals surface area contributed by atoms with Crippen LogP contribution >= 0.6 is 0 Å². The molecular formula is C44H75N3O7. The van der Waals surface area contributed by atoms with Crippen LogP contribution in [0.4, 0.5) is 0 Å². The number of carbonyl (C=O) groups is 1. The summed E-state index contributed by atoms with van der Waals surface area (Å²) < 4.78 is 26.2. The standard InChI is InChI=1S/C44H75N3O7/c1-26(48)53-25-35-33-10-11-34-40-30(19-32(49)21-38(40)51-2)23-44(15-14-27(22-44)18-28-8-13-39(45)47-24-28)41(34)43(33)54-42(35)29-9-12-36(50)37(20-29)52-17-16-46-31-6-4-3-5-7-31/h27-43,46-47,49-50H,3-25,45H2,1-2H3/t27-,28?,29?,30?,32?,33?,34?,35+,36?,37?,38?,39?,40?,41?,42+,43?,44-/m0/s1. The number of fused-ring (bicyclic) bond motifs is 6. The van der Waals surface area contributed by atoms with E-state index in [2.05, 4.69) is 10.6 Å². The maximum atomic E-state index is 12.3. The van der Waals surface area contributed by atoms with Crippen molar-refractivity contribution in [2.75, 3.05) is 33.4 Å². The monoisotopic (exact) mass is 758 g/mol. The van der Waals surface area contributed by atoms with Crippen LogP contribution < -0.4 is 16.4 Å². The minimum atomic E-state index is -0.451. The first kappa shape index (κ1) is 40.0. The zero-order chi connectivity index (χ0) is 37.4. The highest BCUT2D eigenvalue weighted by atomic mass is 16.5. The number of aliphatic hydroxyl groups excluding tert-OH is 2. The lowest BCUT2D eigenvalue weighted by atomic mass is 9.45. The molecule has 13 unspecified atom stereocenters. The van der Waals surface area contributed by atoms with E-state index in [0.29, 0.717) is 54.8 Å². The maximum Gasteiger partial charge on any atom is 0.302 e. The van der Waals surface area contributed by atoms with Gasteiger partial charge >= 0.3 is 5.97 Å². The van der Waals surface area contributed by atoms with E-state index in [1.54, 1.807) is 0 Å². The van der Waals surface area contributed by atoms with Gasteiger partial charge in [-0.15, -0.1) is 0 Å². The van der Waals surface area contributed by atoms with Gasteiger partial charge in [0.15, 0.2) is 0 Å². The van der Waals surface area contributed by atoms with Crippen LogP contribution in [0.1, 0.15) is 129 Å². The Hall–Kier alpha value is -0.850. The lowest BCUT2D eigenvalue weighted by Crippen LogP contribution is -2.59. The molecule has 2 saturated heterocycles. The Labute approximate surface area is 325 Å². The predicted octanol–water partition coefficient (Wildman–Crippen LogP) is 5.31. The fourth-order valence-corrected chi connectivity index (χ4v) is 14.6. The van der Waals surface area contributed by atoms with Gasteiger partial charge in [0.2, 0.25) is 0 Å². The number of methoxy groups -OCH3 is 1. The minimum absolute atomic E-state index is 0.00652. The van der Waals surface area contributed by atoms with E-state index in [1.165, 1.54) is 77.6 Å². The minimum Gasteiger partial charge on any atom is -0.465 e. The Morgan fingerprint density at radius 2 is 1.72 bits per heavy atom. The first-order valence-corrected chi connectivity index (χ1v) is 22.7. The highest BCUT2D eigenvalue weighted by Gasteiger charge is 2.65. The van der Waals surface area contributed by atoms with Gasteiger partial charge in [-0.25, -0.2) is 0 Å². The molecular weight excluding hydrogens is 682 g/mol. The van der Waals surface area contributed by atoms with Crippen molar-refractivity contribution in [2.24, 2.45) is 64.4 Å². The van der Waals surface area contributed by atoms with Gasteiger partial charge in [0.25, 0.3) is 0 Å². The number of ether oxygens (including phenoxy) is 4. The average Bonchev–Trinajstić information content (AvgIpc) is 3.74. The van der Waals surface area contributed by atoms with Crippen LogP contribution in [0.5, 0.6) is 0 Å². The van der Waals surface area contributed by atoms with Gasteiger partial charge in [0.05, 0.1) is 56.0 Å². The molecule has 10 nitrogen and oxygen atoms in total. The first-order chi connectivity index (χ1) is 26.2. The zero-order valence-corrected chi connectivity index (χ0v) is 33.6. The molecule has 6 aliphatic carbocycles. The van der Waals surface area contributed by atoms with E-state index in [9.17, 15) is 15.0 Å². The average molecular weight is 758 g/mol. The van der Waals surface area contributed by atoms with Crippen molar-refractivity contribution < 1.29 is 34.0 Å². The molecule has 6 saturated carbocycles. The van der Waals surface area contributed by atoms with Crippen LogP contribution in [-0.4, -0.2) is 98.4 Å². The molecule has 10 heteroatoms. The highest BCUT2D eigenvalue weighted by Crippen LogP contribution is 2.68. The van der Waals surface area contributed by atoms with Crippen molar-refractivity contribution >= 4 is 5.97 Å². The van der Waals surface area contributed by atoms with E-state index < -0.39 is 6.10 Å². The van der Waals surface area contributed by atoms with Gasteiger partial charge in [-0.05, 0) is 162 Å². The normalized spacial score (nSPS) is 48.2. The Balaban J connectivity index is 1.02. The van der Waals surface area contributed by atoms with E-state index in [-0.39, 0.29) is 59.9 Å². The van der Waals surface area contributed by atoms with Crippen LogP contribution in [-0.2, 0) is 23.7 Å². The van der Waals surface area contributed by atoms with Crippen LogP contribution in [0, 0.1) is 58.7 Å². The molecule has 54 heavy (non-hydrogen) atoms. The quantitative estimate of drug-likeness (QED) is 0.139. The van der Waals surface area contributed by atoms with E-state index in [4.69, 9.17) is 24.7 Å². The molecule has 0 aromatic carbocycles. The summed E-state index contributed by atoms with van der Waals surface area (Å²) in [6.45, 7) is 4.44. The molecule has 2 heterocycles.